The molecular weight excluding hydrogens is 430 g/mol. The Morgan fingerprint density at radius 2 is 2.00 bits per heavy atom. The highest BCUT2D eigenvalue weighted by Crippen LogP contribution is 2.31. The summed E-state index contributed by atoms with van der Waals surface area (Å²) in [6.07, 6.45) is 5.29. The molecule has 1 unspecified atom stereocenters. The van der Waals surface area contributed by atoms with Crippen LogP contribution in [0.25, 0.3) is 15.8 Å². The molecule has 0 aromatic carbocycles. The fraction of sp³-hybridized carbons (Fsp3) is 0.333. The second-order valence-electron chi connectivity index (χ2n) is 7.78. The molecule has 2 aliphatic rings. The lowest BCUT2D eigenvalue weighted by Crippen LogP contribution is -2.47. The monoisotopic (exact) mass is 453 g/mol. The van der Waals surface area contributed by atoms with E-state index in [2.05, 4.69) is 30.9 Å². The molecule has 1 saturated carbocycles. The van der Waals surface area contributed by atoms with Crippen molar-refractivity contribution in [1.82, 2.24) is 25.6 Å². The van der Waals surface area contributed by atoms with Crippen molar-refractivity contribution >= 4 is 38.8 Å². The summed E-state index contributed by atoms with van der Waals surface area (Å²) in [5.41, 5.74) is 2.43. The molecule has 0 radical (unpaired) electrons. The predicted molar refractivity (Wildman–Crippen MR) is 122 cm³/mol. The van der Waals surface area contributed by atoms with Crippen molar-refractivity contribution in [3.05, 3.63) is 53.8 Å². The van der Waals surface area contributed by atoms with Gasteiger partial charge in [-0.3, -0.25) is 9.97 Å². The van der Waals surface area contributed by atoms with Crippen LogP contribution in [-0.4, -0.2) is 67.6 Å². The van der Waals surface area contributed by atoms with Gasteiger partial charge in [0.15, 0.2) is 0 Å². The zero-order valence-electron chi connectivity index (χ0n) is 17.0. The lowest BCUT2D eigenvalue weighted by atomic mass is 10.1. The third kappa shape index (κ3) is 4.02. The predicted octanol–water partition coefficient (Wildman–Crippen LogP) is 0.518. The zero-order chi connectivity index (χ0) is 22.1. The third-order valence-corrected chi connectivity index (χ3v) is 6.78. The van der Waals surface area contributed by atoms with Gasteiger partial charge in [-0.15, -0.1) is 11.3 Å². The Hall–Kier alpha value is -3.12. The number of fused-ring (bicyclic) bond motifs is 1. The van der Waals surface area contributed by atoms with Gasteiger partial charge in [-0.05, 0) is 24.6 Å². The van der Waals surface area contributed by atoms with Crippen LogP contribution in [0.4, 0.5) is 5.69 Å². The molecule has 0 bridgehead atoms. The molecule has 0 amide bonds. The molecule has 32 heavy (non-hydrogen) atoms. The molecule has 3 aromatic heterocycles. The molecule has 4 heterocycles. The Labute approximate surface area is 187 Å². The number of rotatable bonds is 5. The molecule has 0 spiro atoms. The van der Waals surface area contributed by atoms with Crippen molar-refractivity contribution in [2.45, 2.75) is 24.7 Å². The molecule has 6 N–H and O–H groups in total. The van der Waals surface area contributed by atoms with E-state index in [4.69, 9.17) is 4.98 Å². The lowest BCUT2D eigenvalue weighted by molar-refractivity contribution is 0.000577. The summed E-state index contributed by atoms with van der Waals surface area (Å²) in [5.74, 6) is 0.789. The highest BCUT2D eigenvalue weighted by atomic mass is 32.1. The molecule has 5 rings (SSSR count). The number of aromatic nitrogens is 3. The fourth-order valence-electron chi connectivity index (χ4n) is 3.96. The average molecular weight is 454 g/mol. The van der Waals surface area contributed by atoms with E-state index in [0.29, 0.717) is 24.7 Å². The van der Waals surface area contributed by atoms with Crippen LogP contribution in [0.2, 0.25) is 0 Å². The minimum atomic E-state index is -1.00. The van der Waals surface area contributed by atoms with E-state index in [1.165, 1.54) is 11.3 Å². The van der Waals surface area contributed by atoms with Crippen LogP contribution in [-0.2, 0) is 0 Å². The number of nitrogens with zero attached hydrogens (tertiary/aromatic N) is 4. The van der Waals surface area contributed by atoms with Crippen molar-refractivity contribution < 1.29 is 15.3 Å². The van der Waals surface area contributed by atoms with Gasteiger partial charge in [0.2, 0.25) is 5.96 Å². The number of guanidine groups is 1. The van der Waals surface area contributed by atoms with Gasteiger partial charge in [0.25, 0.3) is 0 Å². The number of thiazole rings is 1. The summed E-state index contributed by atoms with van der Waals surface area (Å²) in [6.45, 7) is 0.176. The molecule has 0 saturated heterocycles. The van der Waals surface area contributed by atoms with Gasteiger partial charge >= 0.3 is 0 Å². The minimum Gasteiger partial charge on any atom is -0.396 e. The minimum absolute atomic E-state index is 0.185. The maximum atomic E-state index is 10.5. The summed E-state index contributed by atoms with van der Waals surface area (Å²) >= 11 is 1.54. The highest BCUT2D eigenvalue weighted by molar-refractivity contribution is 7.19. The maximum absolute atomic E-state index is 10.5. The highest BCUT2D eigenvalue weighted by Gasteiger charge is 2.41. The Morgan fingerprint density at radius 1 is 1.12 bits per heavy atom. The standard InChI is InChI=1S/C21H23N7O3S/c29-10-11-6-14(18(31)17(11)30)26-19-13(20-27-15-9-23-5-3-16(15)32-20)8-24-21(28-19)25-12-2-1-4-22-7-12/h1-5,7,9,11,14,17-18,26,29-31H,6,8,10H2,(H2,24,25,28)/t11-,14?,17-,18+/m1/s1. The van der Waals surface area contributed by atoms with Gasteiger partial charge in [0.1, 0.15) is 22.4 Å². The molecule has 166 valence electrons. The SMILES string of the molecule is OC[C@H]1CC(NC2=C(c3nc4cnccc4s3)CN=C(Nc3cccnc3)N2)[C@H](O)[C@@H]1O. The van der Waals surface area contributed by atoms with E-state index in [9.17, 15) is 15.3 Å². The number of hydrogen-bond donors (Lipinski definition) is 6. The summed E-state index contributed by atoms with van der Waals surface area (Å²) in [7, 11) is 0. The Morgan fingerprint density at radius 3 is 2.75 bits per heavy atom. The molecule has 1 fully saturated rings. The zero-order valence-corrected chi connectivity index (χ0v) is 17.8. The van der Waals surface area contributed by atoms with E-state index >= 15 is 0 Å². The fourth-order valence-corrected chi connectivity index (χ4v) is 4.93. The van der Waals surface area contributed by atoms with Crippen LogP contribution in [0.15, 0.2) is 53.8 Å². The average Bonchev–Trinajstić information content (AvgIpc) is 3.36. The first-order valence-electron chi connectivity index (χ1n) is 10.3. The summed E-state index contributed by atoms with van der Waals surface area (Å²) in [4.78, 5) is 17.6. The van der Waals surface area contributed by atoms with Gasteiger partial charge in [-0.1, -0.05) is 0 Å². The second-order valence-corrected chi connectivity index (χ2v) is 8.81. The summed E-state index contributed by atoms with van der Waals surface area (Å²) in [6, 6.07) is 5.19. The molecule has 10 nitrogen and oxygen atoms in total. The first-order valence-corrected chi connectivity index (χ1v) is 11.1. The van der Waals surface area contributed by atoms with Crippen molar-refractivity contribution in [2.75, 3.05) is 18.5 Å². The molecule has 3 aromatic rings. The van der Waals surface area contributed by atoms with Crippen LogP contribution < -0.4 is 16.0 Å². The number of nitrogens with one attached hydrogen (secondary N) is 3. The number of aliphatic hydroxyl groups is 3. The quantitative estimate of drug-likeness (QED) is 0.325. The van der Waals surface area contributed by atoms with E-state index in [-0.39, 0.29) is 12.5 Å². The number of aliphatic imine (C=N–C) groups is 1. The van der Waals surface area contributed by atoms with Gasteiger partial charge < -0.3 is 31.3 Å². The molecule has 11 heteroatoms. The summed E-state index contributed by atoms with van der Waals surface area (Å²) < 4.78 is 1.02. The van der Waals surface area contributed by atoms with E-state index in [1.54, 1.807) is 24.8 Å². The van der Waals surface area contributed by atoms with Gasteiger partial charge in [-0.25, -0.2) is 9.98 Å². The molecule has 1 aliphatic carbocycles. The van der Waals surface area contributed by atoms with Crippen LogP contribution in [0.3, 0.4) is 0 Å². The smallest absolute Gasteiger partial charge is 0.201 e. The molecule has 4 atom stereocenters. The van der Waals surface area contributed by atoms with Crippen LogP contribution in [0.1, 0.15) is 11.4 Å². The van der Waals surface area contributed by atoms with Crippen molar-refractivity contribution in [2.24, 2.45) is 10.9 Å². The van der Waals surface area contributed by atoms with E-state index in [1.807, 2.05) is 18.2 Å². The van der Waals surface area contributed by atoms with Crippen LogP contribution in [0, 0.1) is 5.92 Å². The number of anilines is 1. The van der Waals surface area contributed by atoms with E-state index in [0.717, 1.165) is 26.5 Å². The van der Waals surface area contributed by atoms with Gasteiger partial charge in [0.05, 0.1) is 47.0 Å². The van der Waals surface area contributed by atoms with Crippen molar-refractivity contribution in [3.8, 4) is 0 Å². The maximum Gasteiger partial charge on any atom is 0.201 e. The largest absolute Gasteiger partial charge is 0.396 e. The van der Waals surface area contributed by atoms with Crippen LogP contribution in [0.5, 0.6) is 0 Å². The Kier molecular flexibility index (Phi) is 5.70. The number of pyridine rings is 2. The lowest BCUT2D eigenvalue weighted by Gasteiger charge is -2.27. The van der Waals surface area contributed by atoms with Gasteiger partial charge in [-0.2, -0.15) is 0 Å². The first kappa shape index (κ1) is 20.8. The van der Waals surface area contributed by atoms with Gasteiger partial charge in [0, 0.05) is 24.9 Å². The van der Waals surface area contributed by atoms with Crippen molar-refractivity contribution in [1.29, 1.82) is 0 Å². The first-order chi connectivity index (χ1) is 15.6. The topological polar surface area (TPSA) is 148 Å². The number of hydrogen-bond acceptors (Lipinski definition) is 11. The van der Waals surface area contributed by atoms with Crippen LogP contribution >= 0.6 is 11.3 Å². The van der Waals surface area contributed by atoms with Crippen molar-refractivity contribution in [3.63, 3.8) is 0 Å². The molecular formula is C21H23N7O3S. The van der Waals surface area contributed by atoms with E-state index < -0.39 is 18.2 Å². The second kappa shape index (κ2) is 8.79. The summed E-state index contributed by atoms with van der Waals surface area (Å²) in [5, 5.41) is 40.9. The Balaban J connectivity index is 1.45. The third-order valence-electron chi connectivity index (χ3n) is 5.68. The normalized spacial score (nSPS) is 25.5. The Bertz CT molecular complexity index is 1130. The number of aliphatic hydroxyl groups excluding tert-OH is 3. The molecule has 1 aliphatic heterocycles.